The predicted molar refractivity (Wildman–Crippen MR) is 98.9 cm³/mol. The van der Waals surface area contributed by atoms with Crippen LogP contribution < -0.4 is 0 Å². The highest BCUT2D eigenvalue weighted by molar-refractivity contribution is 5.26. The second-order valence-corrected chi connectivity index (χ2v) is 10.6. The Morgan fingerprint density at radius 2 is 1.80 bits per heavy atom. The highest BCUT2D eigenvalue weighted by Crippen LogP contribution is 2.67. The molecule has 4 aliphatic carbocycles. The van der Waals surface area contributed by atoms with Gasteiger partial charge in [0.25, 0.3) is 0 Å². The zero-order valence-corrected chi connectivity index (χ0v) is 16.3. The lowest BCUT2D eigenvalue weighted by Gasteiger charge is -2.58. The summed E-state index contributed by atoms with van der Waals surface area (Å²) in [5.74, 6) is 1.76. The zero-order chi connectivity index (χ0) is 18.2. The molecule has 0 bridgehead atoms. The number of hydrogen-bond donors (Lipinski definition) is 3. The highest BCUT2D eigenvalue weighted by atomic mass is 16.3. The molecule has 0 aromatic rings. The molecule has 3 heteroatoms. The Labute approximate surface area is 152 Å². The molecule has 3 saturated carbocycles. The maximum atomic E-state index is 10.8. The van der Waals surface area contributed by atoms with Crippen molar-refractivity contribution in [3.8, 4) is 0 Å². The quantitative estimate of drug-likeness (QED) is 0.634. The first-order chi connectivity index (χ1) is 11.6. The number of rotatable bonds is 1. The molecule has 25 heavy (non-hydrogen) atoms. The predicted octanol–water partition coefficient (Wildman–Crippen LogP) is 3.67. The van der Waals surface area contributed by atoms with Gasteiger partial charge < -0.3 is 15.3 Å². The summed E-state index contributed by atoms with van der Waals surface area (Å²) in [7, 11) is 0. The van der Waals surface area contributed by atoms with Crippen molar-refractivity contribution in [1.29, 1.82) is 0 Å². The Hall–Kier alpha value is -0.380. The third-order valence-corrected chi connectivity index (χ3v) is 8.87. The van der Waals surface area contributed by atoms with Gasteiger partial charge in [0, 0.05) is 5.92 Å². The molecule has 8 atom stereocenters. The second kappa shape index (κ2) is 5.56. The highest BCUT2D eigenvalue weighted by Gasteiger charge is 2.63. The molecule has 0 unspecified atom stereocenters. The molecule has 0 aromatic carbocycles. The molecule has 0 heterocycles. The summed E-state index contributed by atoms with van der Waals surface area (Å²) in [4.78, 5) is 0. The van der Waals surface area contributed by atoms with Crippen LogP contribution in [0.4, 0.5) is 0 Å². The van der Waals surface area contributed by atoms with Crippen molar-refractivity contribution in [1.82, 2.24) is 0 Å². The van der Waals surface area contributed by atoms with Crippen LogP contribution in [0.25, 0.3) is 0 Å². The van der Waals surface area contributed by atoms with Gasteiger partial charge in [0.15, 0.2) is 0 Å². The van der Waals surface area contributed by atoms with Gasteiger partial charge in [-0.3, -0.25) is 0 Å². The van der Waals surface area contributed by atoms with Crippen LogP contribution in [-0.2, 0) is 0 Å². The summed E-state index contributed by atoms with van der Waals surface area (Å²) in [6, 6.07) is 0. The van der Waals surface area contributed by atoms with Crippen LogP contribution in [0.3, 0.4) is 0 Å². The standard InChI is InChI=1S/C22H36O3/c1-20(2,25)19-18(24)12-17-15-6-5-13-11-14(23)7-9-21(13,3)16(15)8-10-22(17,19)4/h5,14-19,23-25H,6-12H2,1-4H3/t14-,15+,16-,17-,18+,19+,21-,22-/m0/s1. The Morgan fingerprint density at radius 1 is 1.08 bits per heavy atom. The van der Waals surface area contributed by atoms with Crippen LogP contribution in [0.1, 0.15) is 72.6 Å². The van der Waals surface area contributed by atoms with Gasteiger partial charge in [-0.25, -0.2) is 0 Å². The lowest BCUT2D eigenvalue weighted by atomic mass is 9.47. The normalized spacial score (nSPS) is 52.8. The van der Waals surface area contributed by atoms with E-state index in [4.69, 9.17) is 0 Å². The second-order valence-electron chi connectivity index (χ2n) is 10.6. The molecular weight excluding hydrogens is 312 g/mol. The lowest BCUT2D eigenvalue weighted by molar-refractivity contribution is -0.111. The fourth-order valence-electron chi connectivity index (χ4n) is 7.93. The van der Waals surface area contributed by atoms with Gasteiger partial charge in [0.1, 0.15) is 0 Å². The van der Waals surface area contributed by atoms with Gasteiger partial charge in [-0.2, -0.15) is 0 Å². The first kappa shape index (κ1) is 18.0. The van der Waals surface area contributed by atoms with Crippen molar-refractivity contribution < 1.29 is 15.3 Å². The fraction of sp³-hybridized carbons (Fsp3) is 0.909. The number of aliphatic hydroxyl groups excluding tert-OH is 2. The topological polar surface area (TPSA) is 60.7 Å². The molecule has 0 radical (unpaired) electrons. The van der Waals surface area contributed by atoms with Crippen LogP contribution in [0.2, 0.25) is 0 Å². The van der Waals surface area contributed by atoms with Crippen molar-refractivity contribution in [2.24, 2.45) is 34.5 Å². The SMILES string of the molecule is CC(C)(O)[C@H]1[C@H](O)C[C@H]2[C@@H]3CC=C4C[C@@H](O)CC[C@]4(C)[C@H]3CC[C@]12C. The first-order valence-electron chi connectivity index (χ1n) is 10.4. The van der Waals surface area contributed by atoms with Crippen LogP contribution in [-0.4, -0.2) is 33.1 Å². The van der Waals surface area contributed by atoms with E-state index in [1.54, 1.807) is 0 Å². The number of fused-ring (bicyclic) bond motifs is 5. The Bertz CT molecular complexity index is 576. The zero-order valence-electron chi connectivity index (χ0n) is 16.3. The average Bonchev–Trinajstić information content (AvgIpc) is 2.78. The Morgan fingerprint density at radius 3 is 2.48 bits per heavy atom. The summed E-state index contributed by atoms with van der Waals surface area (Å²) in [5.41, 5.74) is 0.939. The van der Waals surface area contributed by atoms with Crippen molar-refractivity contribution in [2.75, 3.05) is 0 Å². The van der Waals surface area contributed by atoms with Gasteiger partial charge in [0.2, 0.25) is 0 Å². The van der Waals surface area contributed by atoms with E-state index >= 15 is 0 Å². The van der Waals surface area contributed by atoms with Crippen molar-refractivity contribution >= 4 is 0 Å². The van der Waals surface area contributed by atoms with E-state index in [9.17, 15) is 15.3 Å². The molecule has 0 aliphatic heterocycles. The minimum Gasteiger partial charge on any atom is -0.393 e. The Balaban J connectivity index is 1.68. The summed E-state index contributed by atoms with van der Waals surface area (Å²) in [5, 5.41) is 31.7. The van der Waals surface area contributed by atoms with Crippen LogP contribution in [0, 0.1) is 34.5 Å². The van der Waals surface area contributed by atoms with E-state index < -0.39 is 5.60 Å². The molecule has 0 spiro atoms. The molecular formula is C22H36O3. The lowest BCUT2D eigenvalue weighted by Crippen LogP contribution is -2.53. The van der Waals surface area contributed by atoms with Gasteiger partial charge in [-0.15, -0.1) is 0 Å². The average molecular weight is 349 g/mol. The molecule has 4 rings (SSSR count). The first-order valence-corrected chi connectivity index (χ1v) is 10.4. The molecule has 0 aromatic heterocycles. The molecule has 4 aliphatic rings. The molecule has 3 N–H and O–H groups in total. The van der Waals surface area contributed by atoms with Crippen LogP contribution in [0.15, 0.2) is 11.6 Å². The smallest absolute Gasteiger partial charge is 0.0649 e. The maximum absolute atomic E-state index is 10.8. The van der Waals surface area contributed by atoms with Crippen molar-refractivity contribution in [3.63, 3.8) is 0 Å². The van der Waals surface area contributed by atoms with Crippen LogP contribution in [0.5, 0.6) is 0 Å². The van der Waals surface area contributed by atoms with E-state index in [0.29, 0.717) is 17.8 Å². The number of hydrogen-bond acceptors (Lipinski definition) is 3. The summed E-state index contributed by atoms with van der Waals surface area (Å²) < 4.78 is 0. The van der Waals surface area contributed by atoms with Crippen LogP contribution >= 0.6 is 0 Å². The molecule has 3 nitrogen and oxygen atoms in total. The van der Waals surface area contributed by atoms with E-state index in [1.165, 1.54) is 12.0 Å². The summed E-state index contributed by atoms with van der Waals surface area (Å²) in [6.45, 7) is 8.52. The molecule has 0 saturated heterocycles. The van der Waals surface area contributed by atoms with Gasteiger partial charge in [-0.1, -0.05) is 25.5 Å². The number of allylic oxidation sites excluding steroid dienone is 1. The third-order valence-electron chi connectivity index (χ3n) is 8.87. The molecule has 142 valence electrons. The van der Waals surface area contributed by atoms with E-state index in [0.717, 1.165) is 38.5 Å². The summed E-state index contributed by atoms with van der Waals surface area (Å²) >= 11 is 0. The van der Waals surface area contributed by atoms with Gasteiger partial charge in [0.05, 0.1) is 17.8 Å². The van der Waals surface area contributed by atoms with E-state index in [1.807, 2.05) is 13.8 Å². The minimum atomic E-state index is -0.829. The summed E-state index contributed by atoms with van der Waals surface area (Å²) in [6.07, 6.45) is 9.00. The maximum Gasteiger partial charge on any atom is 0.0649 e. The molecule has 0 amide bonds. The number of aliphatic hydroxyl groups is 3. The van der Waals surface area contributed by atoms with E-state index in [2.05, 4.69) is 19.9 Å². The molecule has 3 fully saturated rings. The van der Waals surface area contributed by atoms with Crippen molar-refractivity contribution in [3.05, 3.63) is 11.6 Å². The fourth-order valence-corrected chi connectivity index (χ4v) is 7.93. The van der Waals surface area contributed by atoms with Gasteiger partial charge >= 0.3 is 0 Å². The van der Waals surface area contributed by atoms with Crippen molar-refractivity contribution in [2.45, 2.75) is 90.4 Å². The van der Waals surface area contributed by atoms with Gasteiger partial charge in [-0.05, 0) is 87.4 Å². The minimum absolute atomic E-state index is 0.0303. The third kappa shape index (κ3) is 2.49. The monoisotopic (exact) mass is 348 g/mol. The van der Waals surface area contributed by atoms with E-state index in [-0.39, 0.29) is 29.0 Å². The Kier molecular flexibility index (Phi) is 4.00. The largest absolute Gasteiger partial charge is 0.393 e.